The van der Waals surface area contributed by atoms with Gasteiger partial charge in [0.1, 0.15) is 13.1 Å². The van der Waals surface area contributed by atoms with Gasteiger partial charge in [-0.1, -0.05) is 12.8 Å². The third-order valence-corrected chi connectivity index (χ3v) is 3.26. The van der Waals surface area contributed by atoms with Gasteiger partial charge in [0.25, 0.3) is 0 Å². The average Bonchev–Trinajstić information content (AvgIpc) is 2.60. The van der Waals surface area contributed by atoms with Crippen LogP contribution in [-0.2, 0) is 9.59 Å². The number of nitrogens with zero attached hydrogens (tertiary/aromatic N) is 2. The summed E-state index contributed by atoms with van der Waals surface area (Å²) in [4.78, 5) is 36.0. The Bertz CT molecular complexity index is 357. The van der Waals surface area contributed by atoms with E-state index >= 15 is 0 Å². The third kappa shape index (κ3) is 4.69. The number of amides is 2. The highest BCUT2D eigenvalue weighted by Gasteiger charge is 2.30. The van der Waals surface area contributed by atoms with Crippen LogP contribution in [0.3, 0.4) is 0 Å². The number of carbonyl (C=O) groups is 3. The molecule has 0 bridgehead atoms. The van der Waals surface area contributed by atoms with Crippen LogP contribution in [0.4, 0.5) is 4.79 Å². The highest BCUT2D eigenvalue weighted by Crippen LogP contribution is 2.18. The minimum Gasteiger partial charge on any atom is -0.480 e. The molecule has 2 amide bonds. The van der Waals surface area contributed by atoms with Crippen molar-refractivity contribution in [1.29, 1.82) is 0 Å². The van der Waals surface area contributed by atoms with Crippen LogP contribution in [-0.4, -0.2) is 75.4 Å². The number of urea groups is 1. The van der Waals surface area contributed by atoms with Crippen LogP contribution in [0, 0.1) is 0 Å². The van der Waals surface area contributed by atoms with E-state index in [1.807, 2.05) is 0 Å². The van der Waals surface area contributed by atoms with E-state index in [0.717, 1.165) is 24.2 Å². The molecule has 0 aromatic heterocycles. The van der Waals surface area contributed by atoms with E-state index in [0.29, 0.717) is 13.0 Å². The van der Waals surface area contributed by atoms with E-state index in [2.05, 4.69) is 0 Å². The molecule has 0 saturated carbocycles. The summed E-state index contributed by atoms with van der Waals surface area (Å²) in [5, 5.41) is 26.9. The molecule has 114 valence electrons. The van der Waals surface area contributed by atoms with Crippen LogP contribution < -0.4 is 0 Å². The van der Waals surface area contributed by atoms with Gasteiger partial charge in [0.05, 0.1) is 12.6 Å². The summed E-state index contributed by atoms with van der Waals surface area (Å²) in [5.74, 6) is -2.54. The van der Waals surface area contributed by atoms with Crippen molar-refractivity contribution in [2.24, 2.45) is 0 Å². The molecule has 1 unspecified atom stereocenters. The van der Waals surface area contributed by atoms with Gasteiger partial charge in [0, 0.05) is 6.54 Å². The van der Waals surface area contributed by atoms with Crippen LogP contribution in [0.2, 0.25) is 0 Å². The van der Waals surface area contributed by atoms with Crippen LogP contribution in [0.1, 0.15) is 25.7 Å². The van der Waals surface area contributed by atoms with Gasteiger partial charge >= 0.3 is 18.0 Å². The van der Waals surface area contributed by atoms with Crippen molar-refractivity contribution >= 4 is 18.0 Å². The summed E-state index contributed by atoms with van der Waals surface area (Å²) < 4.78 is 0. The quantitative estimate of drug-likeness (QED) is 0.645. The molecule has 1 aliphatic rings. The van der Waals surface area contributed by atoms with Crippen molar-refractivity contribution in [3.8, 4) is 0 Å². The Labute approximate surface area is 116 Å². The maximum Gasteiger partial charge on any atom is 0.323 e. The van der Waals surface area contributed by atoms with Gasteiger partial charge in [0.15, 0.2) is 0 Å². The van der Waals surface area contributed by atoms with E-state index in [4.69, 9.17) is 10.2 Å². The average molecular weight is 288 g/mol. The molecule has 1 rings (SSSR count). The highest BCUT2D eigenvalue weighted by atomic mass is 16.4. The highest BCUT2D eigenvalue weighted by molar-refractivity contribution is 5.84. The standard InChI is InChI=1S/C12H20N2O6/c15-8-9-4-2-1-3-5-14(9)12(20)13(6-10(16)17)7-11(18)19/h9,15H,1-8H2,(H,16,17)(H,18,19). The van der Waals surface area contributed by atoms with Gasteiger partial charge in [-0.25, -0.2) is 4.79 Å². The molecule has 1 aliphatic heterocycles. The van der Waals surface area contributed by atoms with E-state index < -0.39 is 31.1 Å². The summed E-state index contributed by atoms with van der Waals surface area (Å²) in [7, 11) is 0. The predicted molar refractivity (Wildman–Crippen MR) is 68.3 cm³/mol. The Morgan fingerprint density at radius 2 is 1.65 bits per heavy atom. The molecule has 3 N–H and O–H groups in total. The Hall–Kier alpha value is -1.83. The maximum atomic E-state index is 12.3. The second-order valence-corrected chi connectivity index (χ2v) is 4.81. The number of likely N-dealkylation sites (tertiary alicyclic amines) is 1. The summed E-state index contributed by atoms with van der Waals surface area (Å²) >= 11 is 0. The fraction of sp³-hybridized carbons (Fsp3) is 0.750. The van der Waals surface area contributed by atoms with Crippen LogP contribution in [0.15, 0.2) is 0 Å². The molecule has 0 aliphatic carbocycles. The van der Waals surface area contributed by atoms with Gasteiger partial charge < -0.3 is 25.1 Å². The number of hydrogen-bond acceptors (Lipinski definition) is 4. The molecule has 0 aromatic carbocycles. The maximum absolute atomic E-state index is 12.3. The summed E-state index contributed by atoms with van der Waals surface area (Å²) in [6.45, 7) is -1.14. The summed E-state index contributed by atoms with van der Waals surface area (Å²) in [6.07, 6.45) is 3.21. The first-order valence-electron chi connectivity index (χ1n) is 6.55. The Kier molecular flexibility index (Phi) is 6.23. The number of carboxylic acids is 2. The lowest BCUT2D eigenvalue weighted by molar-refractivity contribution is -0.140. The second-order valence-electron chi connectivity index (χ2n) is 4.81. The minimum atomic E-state index is -1.27. The zero-order valence-electron chi connectivity index (χ0n) is 11.2. The molecule has 8 heteroatoms. The first kappa shape index (κ1) is 16.2. The van der Waals surface area contributed by atoms with Gasteiger partial charge in [0.2, 0.25) is 0 Å². The van der Waals surface area contributed by atoms with Crippen LogP contribution in [0.5, 0.6) is 0 Å². The van der Waals surface area contributed by atoms with Gasteiger partial charge in [-0.15, -0.1) is 0 Å². The normalized spacial score (nSPS) is 19.2. The van der Waals surface area contributed by atoms with Crippen LogP contribution >= 0.6 is 0 Å². The number of carboxylic acid groups (broad SMARTS) is 2. The molecule has 0 aromatic rings. The topological polar surface area (TPSA) is 118 Å². The Balaban J connectivity index is 2.83. The van der Waals surface area contributed by atoms with E-state index in [-0.39, 0.29) is 12.6 Å². The first-order chi connectivity index (χ1) is 9.45. The SMILES string of the molecule is O=C(O)CN(CC(=O)O)C(=O)N1CCCCCC1CO. The zero-order chi connectivity index (χ0) is 15.1. The van der Waals surface area contributed by atoms with E-state index in [1.165, 1.54) is 4.90 Å². The summed E-state index contributed by atoms with van der Waals surface area (Å²) in [5.41, 5.74) is 0. The lowest BCUT2D eigenvalue weighted by atomic mass is 10.1. The molecule has 8 nitrogen and oxygen atoms in total. The number of rotatable bonds is 5. The van der Waals surface area contributed by atoms with Crippen molar-refractivity contribution in [2.75, 3.05) is 26.2 Å². The second kappa shape index (κ2) is 7.68. The van der Waals surface area contributed by atoms with Crippen molar-refractivity contribution in [3.63, 3.8) is 0 Å². The molecule has 1 heterocycles. The van der Waals surface area contributed by atoms with Crippen molar-refractivity contribution in [2.45, 2.75) is 31.7 Å². The lowest BCUT2D eigenvalue weighted by Crippen LogP contribution is -2.51. The Morgan fingerprint density at radius 1 is 1.05 bits per heavy atom. The summed E-state index contributed by atoms with van der Waals surface area (Å²) in [6, 6.07) is -1.02. The molecule has 1 atom stereocenters. The number of carbonyl (C=O) groups excluding carboxylic acids is 1. The molecule has 1 fully saturated rings. The van der Waals surface area contributed by atoms with Crippen LogP contribution in [0.25, 0.3) is 0 Å². The number of hydrogen-bond donors (Lipinski definition) is 3. The molecular formula is C12H20N2O6. The number of aliphatic hydroxyl groups is 1. The monoisotopic (exact) mass is 288 g/mol. The molecular weight excluding hydrogens is 268 g/mol. The zero-order valence-corrected chi connectivity index (χ0v) is 11.2. The van der Waals surface area contributed by atoms with Gasteiger partial charge in [-0.2, -0.15) is 0 Å². The van der Waals surface area contributed by atoms with E-state index in [1.54, 1.807) is 0 Å². The minimum absolute atomic E-state index is 0.209. The predicted octanol–water partition coefficient (Wildman–Crippen LogP) is -0.185. The molecule has 0 spiro atoms. The Morgan fingerprint density at radius 3 is 2.15 bits per heavy atom. The molecule has 20 heavy (non-hydrogen) atoms. The van der Waals surface area contributed by atoms with Gasteiger partial charge in [-0.05, 0) is 12.8 Å². The first-order valence-corrected chi connectivity index (χ1v) is 6.55. The molecule has 0 radical (unpaired) electrons. The fourth-order valence-corrected chi connectivity index (χ4v) is 2.32. The largest absolute Gasteiger partial charge is 0.480 e. The van der Waals surface area contributed by atoms with Crippen molar-refractivity contribution in [3.05, 3.63) is 0 Å². The van der Waals surface area contributed by atoms with E-state index in [9.17, 15) is 19.5 Å². The lowest BCUT2D eigenvalue weighted by Gasteiger charge is -2.33. The van der Waals surface area contributed by atoms with Crippen molar-refractivity contribution in [1.82, 2.24) is 9.80 Å². The number of aliphatic carboxylic acids is 2. The fourth-order valence-electron chi connectivity index (χ4n) is 2.32. The number of aliphatic hydroxyl groups excluding tert-OH is 1. The third-order valence-electron chi connectivity index (χ3n) is 3.26. The van der Waals surface area contributed by atoms with Crippen molar-refractivity contribution < 1.29 is 29.7 Å². The van der Waals surface area contributed by atoms with Gasteiger partial charge in [-0.3, -0.25) is 9.59 Å². The molecule has 1 saturated heterocycles. The smallest absolute Gasteiger partial charge is 0.323 e.